The highest BCUT2D eigenvalue weighted by molar-refractivity contribution is 6.02. The molecule has 7 heteroatoms. The zero-order valence-electron chi connectivity index (χ0n) is 11.7. The van der Waals surface area contributed by atoms with E-state index in [-0.39, 0.29) is 5.56 Å². The molecule has 2 aromatic rings. The number of hydrogen-bond donors (Lipinski definition) is 0. The second-order valence-corrected chi connectivity index (χ2v) is 4.72. The van der Waals surface area contributed by atoms with Crippen LogP contribution in [0.4, 0.5) is 17.6 Å². The topological polar surface area (TPSA) is 47.0 Å². The van der Waals surface area contributed by atoms with Crippen molar-refractivity contribution in [3.05, 3.63) is 65.2 Å². The number of halogens is 4. The molecule has 0 fully saturated rings. The third kappa shape index (κ3) is 4.00. The molecule has 1 aromatic carbocycles. The fourth-order valence-electron chi connectivity index (χ4n) is 2.02. The van der Waals surface area contributed by atoms with E-state index in [1.807, 2.05) is 0 Å². The van der Waals surface area contributed by atoms with E-state index in [2.05, 4.69) is 4.98 Å². The van der Waals surface area contributed by atoms with Crippen LogP contribution in [0.15, 0.2) is 42.6 Å². The predicted octanol–water partition coefficient (Wildman–Crippen LogP) is 4.09. The highest BCUT2D eigenvalue weighted by atomic mass is 19.4. The summed E-state index contributed by atoms with van der Waals surface area (Å²) in [6.07, 6.45) is -4.52. The van der Waals surface area contributed by atoms with Gasteiger partial charge in [-0.1, -0.05) is 12.1 Å². The number of Topliss-reactive ketones (excluding diaryl/α,β-unsaturated/α-hetero) is 2. The number of pyridine rings is 1. The highest BCUT2D eigenvalue weighted by Crippen LogP contribution is 2.31. The first-order valence-electron chi connectivity index (χ1n) is 6.64. The van der Waals surface area contributed by atoms with Gasteiger partial charge < -0.3 is 0 Å². The maximum absolute atomic E-state index is 13.4. The van der Waals surface area contributed by atoms with Crippen LogP contribution in [0.25, 0.3) is 0 Å². The summed E-state index contributed by atoms with van der Waals surface area (Å²) in [6, 6.07) is 7.03. The maximum Gasteiger partial charge on any atom is 0.418 e. The predicted molar refractivity (Wildman–Crippen MR) is 73.5 cm³/mol. The van der Waals surface area contributed by atoms with E-state index < -0.39 is 47.7 Å². The van der Waals surface area contributed by atoms with Crippen LogP contribution >= 0.6 is 0 Å². The van der Waals surface area contributed by atoms with Crippen molar-refractivity contribution in [3.8, 4) is 0 Å². The van der Waals surface area contributed by atoms with Crippen molar-refractivity contribution in [1.82, 2.24) is 4.98 Å². The number of benzene rings is 1. The lowest BCUT2D eigenvalue weighted by atomic mass is 10.0. The van der Waals surface area contributed by atoms with Gasteiger partial charge in [-0.2, -0.15) is 13.2 Å². The molecule has 0 saturated carbocycles. The number of hydrogen-bond acceptors (Lipinski definition) is 3. The van der Waals surface area contributed by atoms with Gasteiger partial charge in [0.25, 0.3) is 0 Å². The summed E-state index contributed by atoms with van der Waals surface area (Å²) in [6.45, 7) is 0. The zero-order chi connectivity index (χ0) is 17.0. The number of nitrogens with zero attached hydrogens (tertiary/aromatic N) is 1. The van der Waals surface area contributed by atoms with Gasteiger partial charge in [0.15, 0.2) is 11.6 Å². The molecule has 0 aliphatic carbocycles. The SMILES string of the molecule is O=C(CCC(=O)c1ncccc1C(F)(F)F)c1ccccc1F. The molecule has 0 amide bonds. The Balaban J connectivity index is 2.12. The van der Waals surface area contributed by atoms with E-state index in [9.17, 15) is 27.2 Å². The van der Waals surface area contributed by atoms with E-state index in [1.54, 1.807) is 0 Å². The molecule has 0 aliphatic rings. The standard InChI is InChI=1S/C16H11F4NO2/c17-12-6-2-1-4-10(12)13(22)7-8-14(23)15-11(16(18,19)20)5-3-9-21-15/h1-6,9H,7-8H2. The van der Waals surface area contributed by atoms with Crippen LogP contribution in [0, 0.1) is 5.82 Å². The molecule has 23 heavy (non-hydrogen) atoms. The Morgan fingerprint density at radius 1 is 0.957 bits per heavy atom. The lowest BCUT2D eigenvalue weighted by molar-refractivity contribution is -0.138. The quantitative estimate of drug-likeness (QED) is 0.614. The summed E-state index contributed by atoms with van der Waals surface area (Å²) < 4.78 is 51.9. The van der Waals surface area contributed by atoms with Gasteiger partial charge in [0, 0.05) is 19.0 Å². The van der Waals surface area contributed by atoms with Gasteiger partial charge in [0.1, 0.15) is 11.5 Å². The van der Waals surface area contributed by atoms with E-state index in [4.69, 9.17) is 0 Å². The number of alkyl halides is 3. The molecule has 1 heterocycles. The van der Waals surface area contributed by atoms with Gasteiger partial charge in [-0.3, -0.25) is 14.6 Å². The average Bonchev–Trinajstić information content (AvgIpc) is 2.52. The Kier molecular flexibility index (Phi) is 4.88. The number of rotatable bonds is 5. The molecule has 1 aromatic heterocycles. The smallest absolute Gasteiger partial charge is 0.294 e. The molecule has 2 rings (SSSR count). The Labute approximate surface area is 129 Å². The van der Waals surface area contributed by atoms with Crippen molar-refractivity contribution in [2.75, 3.05) is 0 Å². The molecule has 120 valence electrons. The van der Waals surface area contributed by atoms with Gasteiger partial charge >= 0.3 is 6.18 Å². The van der Waals surface area contributed by atoms with Gasteiger partial charge in [-0.05, 0) is 24.3 Å². The van der Waals surface area contributed by atoms with Gasteiger partial charge in [0.2, 0.25) is 0 Å². The Morgan fingerprint density at radius 2 is 1.61 bits per heavy atom. The Hall–Kier alpha value is -2.57. The lowest BCUT2D eigenvalue weighted by Crippen LogP contribution is -2.16. The minimum atomic E-state index is -4.71. The monoisotopic (exact) mass is 325 g/mol. The summed E-state index contributed by atoms with van der Waals surface area (Å²) in [7, 11) is 0. The highest BCUT2D eigenvalue weighted by Gasteiger charge is 2.35. The van der Waals surface area contributed by atoms with E-state index >= 15 is 0 Å². The summed E-state index contributed by atoms with van der Waals surface area (Å²) >= 11 is 0. The lowest BCUT2D eigenvalue weighted by Gasteiger charge is -2.10. The van der Waals surface area contributed by atoms with Crippen LogP contribution in [-0.2, 0) is 6.18 Å². The van der Waals surface area contributed by atoms with Crippen molar-refractivity contribution in [2.45, 2.75) is 19.0 Å². The van der Waals surface area contributed by atoms with Crippen molar-refractivity contribution in [3.63, 3.8) is 0 Å². The van der Waals surface area contributed by atoms with Crippen molar-refractivity contribution in [2.24, 2.45) is 0 Å². The van der Waals surface area contributed by atoms with Crippen LogP contribution in [0.2, 0.25) is 0 Å². The van der Waals surface area contributed by atoms with Gasteiger partial charge in [-0.25, -0.2) is 4.39 Å². The summed E-state index contributed by atoms with van der Waals surface area (Å²) in [5.74, 6) is -2.30. The number of aromatic nitrogens is 1. The van der Waals surface area contributed by atoms with Crippen molar-refractivity contribution < 1.29 is 27.2 Å². The van der Waals surface area contributed by atoms with Crippen molar-refractivity contribution >= 4 is 11.6 Å². The first-order valence-corrected chi connectivity index (χ1v) is 6.64. The molecule has 0 N–H and O–H groups in total. The zero-order valence-corrected chi connectivity index (χ0v) is 11.7. The molecule has 0 bridgehead atoms. The molecule has 3 nitrogen and oxygen atoms in total. The van der Waals surface area contributed by atoms with Gasteiger partial charge in [0.05, 0.1) is 11.1 Å². The summed E-state index contributed by atoms with van der Waals surface area (Å²) in [5, 5.41) is 0. The van der Waals surface area contributed by atoms with E-state index in [0.29, 0.717) is 0 Å². The first kappa shape index (κ1) is 16.8. The Morgan fingerprint density at radius 3 is 2.26 bits per heavy atom. The molecular weight excluding hydrogens is 314 g/mol. The molecule has 0 spiro atoms. The fourth-order valence-corrected chi connectivity index (χ4v) is 2.02. The maximum atomic E-state index is 13.4. The number of carbonyl (C=O) groups is 2. The number of ketones is 2. The largest absolute Gasteiger partial charge is 0.418 e. The second-order valence-electron chi connectivity index (χ2n) is 4.72. The third-order valence-electron chi connectivity index (χ3n) is 3.13. The summed E-state index contributed by atoms with van der Waals surface area (Å²) in [5.41, 5.74) is -2.08. The van der Waals surface area contributed by atoms with E-state index in [1.165, 1.54) is 18.2 Å². The van der Waals surface area contributed by atoms with Crippen LogP contribution in [0.5, 0.6) is 0 Å². The van der Waals surface area contributed by atoms with Crippen LogP contribution in [0.1, 0.15) is 39.3 Å². The number of carbonyl (C=O) groups excluding carboxylic acids is 2. The third-order valence-corrected chi connectivity index (χ3v) is 3.13. The average molecular weight is 325 g/mol. The molecule has 0 saturated heterocycles. The summed E-state index contributed by atoms with van der Waals surface area (Å²) in [4.78, 5) is 27.2. The molecule has 0 unspecified atom stereocenters. The van der Waals surface area contributed by atoms with E-state index in [0.717, 1.165) is 24.4 Å². The van der Waals surface area contributed by atoms with Gasteiger partial charge in [-0.15, -0.1) is 0 Å². The van der Waals surface area contributed by atoms with Crippen LogP contribution < -0.4 is 0 Å². The van der Waals surface area contributed by atoms with Crippen LogP contribution in [0.3, 0.4) is 0 Å². The molecule has 0 aliphatic heterocycles. The van der Waals surface area contributed by atoms with Crippen molar-refractivity contribution in [1.29, 1.82) is 0 Å². The minimum absolute atomic E-state index is 0.197. The molecule has 0 atom stereocenters. The Bertz CT molecular complexity index is 741. The molecular formula is C16H11F4NO2. The minimum Gasteiger partial charge on any atom is -0.294 e. The first-order chi connectivity index (χ1) is 10.8. The molecule has 0 radical (unpaired) electrons. The fraction of sp³-hybridized carbons (Fsp3) is 0.188. The normalized spacial score (nSPS) is 11.3. The van der Waals surface area contributed by atoms with Crippen LogP contribution in [-0.4, -0.2) is 16.6 Å². The second kappa shape index (κ2) is 6.68.